The van der Waals surface area contributed by atoms with Crippen molar-refractivity contribution in [1.82, 2.24) is 5.32 Å². The van der Waals surface area contributed by atoms with E-state index < -0.39 is 53.8 Å². The van der Waals surface area contributed by atoms with Crippen LogP contribution in [0.1, 0.15) is 76.3 Å². The van der Waals surface area contributed by atoms with Gasteiger partial charge in [-0.25, -0.2) is 0 Å². The Kier molecular flexibility index (Phi) is 6.23. The molecule has 0 aromatic heterocycles. The fraction of sp³-hybridized carbons (Fsp3) is 0.240. The number of fused-ring (bicyclic) bond motifs is 3. The number of amides is 2. The van der Waals surface area contributed by atoms with Gasteiger partial charge in [0.1, 0.15) is 17.6 Å². The Morgan fingerprint density at radius 2 is 1.64 bits per heavy atom. The summed E-state index contributed by atoms with van der Waals surface area (Å²) in [7, 11) is 0. The van der Waals surface area contributed by atoms with E-state index in [2.05, 4.69) is 5.32 Å². The van der Waals surface area contributed by atoms with Crippen molar-refractivity contribution in [3.63, 3.8) is 0 Å². The van der Waals surface area contributed by atoms with Crippen molar-refractivity contribution in [2.24, 2.45) is 0 Å². The lowest BCUT2D eigenvalue weighted by Gasteiger charge is -2.30. The minimum absolute atomic E-state index is 0.0317. The van der Waals surface area contributed by atoms with Gasteiger partial charge in [0.15, 0.2) is 5.78 Å². The summed E-state index contributed by atoms with van der Waals surface area (Å²) >= 11 is 0. The quantitative estimate of drug-likeness (QED) is 0.417. The van der Waals surface area contributed by atoms with Crippen molar-refractivity contribution in [3.8, 4) is 11.5 Å². The van der Waals surface area contributed by atoms with Crippen LogP contribution in [0.2, 0.25) is 0 Å². The Balaban J connectivity index is 1.96. The van der Waals surface area contributed by atoms with Gasteiger partial charge in [0, 0.05) is 37.5 Å². The second-order valence-corrected chi connectivity index (χ2v) is 8.19. The zero-order valence-electron chi connectivity index (χ0n) is 19.4. The van der Waals surface area contributed by atoms with Gasteiger partial charge in [-0.3, -0.25) is 38.9 Å². The molecule has 0 saturated heterocycles. The average Bonchev–Trinajstić information content (AvgIpc) is 2.75. The molecule has 2 aromatic carbocycles. The van der Waals surface area contributed by atoms with Crippen LogP contribution in [0, 0.1) is 0 Å². The van der Waals surface area contributed by atoms with E-state index in [-0.39, 0.29) is 51.3 Å². The van der Waals surface area contributed by atoms with Gasteiger partial charge in [0.2, 0.25) is 17.6 Å². The van der Waals surface area contributed by atoms with Crippen LogP contribution in [-0.4, -0.2) is 41.3 Å². The van der Waals surface area contributed by atoms with Crippen LogP contribution in [0.25, 0.3) is 0 Å². The molecule has 11 heteroatoms. The fourth-order valence-electron chi connectivity index (χ4n) is 4.32. The molecule has 0 bridgehead atoms. The van der Waals surface area contributed by atoms with Crippen LogP contribution >= 0.6 is 0 Å². The van der Waals surface area contributed by atoms with Crippen molar-refractivity contribution in [1.29, 1.82) is 0 Å². The van der Waals surface area contributed by atoms with Gasteiger partial charge in [0.25, 0.3) is 0 Å². The second kappa shape index (κ2) is 9.17. The van der Waals surface area contributed by atoms with Crippen molar-refractivity contribution in [2.45, 2.75) is 39.7 Å². The number of carbonyl (C=O) groups excluding carboxylic acids is 7. The van der Waals surface area contributed by atoms with Crippen LogP contribution < -0.4 is 14.8 Å². The molecule has 184 valence electrons. The molecule has 1 unspecified atom stereocenters. The molecule has 1 aliphatic heterocycles. The maximum absolute atomic E-state index is 13.7. The Labute approximate surface area is 203 Å². The van der Waals surface area contributed by atoms with Crippen LogP contribution in [-0.2, 0) is 35.1 Å². The van der Waals surface area contributed by atoms with Crippen LogP contribution in [0.3, 0.4) is 0 Å². The molecule has 1 aliphatic carbocycles. The van der Waals surface area contributed by atoms with Gasteiger partial charge in [-0.15, -0.1) is 0 Å². The first-order valence-electron chi connectivity index (χ1n) is 10.8. The first-order chi connectivity index (χ1) is 17.0. The number of cyclic esters (lactones) is 1. The summed E-state index contributed by atoms with van der Waals surface area (Å²) in [5.74, 6) is -5.56. The third-order valence-electron chi connectivity index (χ3n) is 5.49. The summed E-state index contributed by atoms with van der Waals surface area (Å²) in [6.07, 6.45) is -2.14. The summed E-state index contributed by atoms with van der Waals surface area (Å²) in [6, 6.07) is 5.51. The normalized spacial score (nSPS) is 15.6. The van der Waals surface area contributed by atoms with Crippen molar-refractivity contribution < 1.29 is 47.8 Å². The second-order valence-electron chi connectivity index (χ2n) is 8.19. The van der Waals surface area contributed by atoms with Crippen molar-refractivity contribution >= 4 is 41.3 Å². The van der Waals surface area contributed by atoms with E-state index >= 15 is 0 Å². The standard InChI is InChI=1S/C25H19NO10/c1-10(27)26-18(30)9-17-20-13(8-19(31)36-17)7-15-22(25(20)35-12(3)29)24(33)21-14(23(15)32)5-4-6-16(21)34-11(2)28/h4-7,17H,8-9H2,1-3H3,(H,26,27,30). The maximum atomic E-state index is 13.7. The van der Waals surface area contributed by atoms with E-state index in [4.69, 9.17) is 14.2 Å². The number of esters is 3. The van der Waals surface area contributed by atoms with Gasteiger partial charge in [-0.2, -0.15) is 0 Å². The number of hydrogen-bond acceptors (Lipinski definition) is 10. The lowest BCUT2D eigenvalue weighted by molar-refractivity contribution is -0.152. The average molecular weight is 493 g/mol. The molecule has 4 rings (SSSR count). The molecule has 0 spiro atoms. The summed E-state index contributed by atoms with van der Waals surface area (Å²) in [4.78, 5) is 86.7. The molecule has 36 heavy (non-hydrogen) atoms. The highest BCUT2D eigenvalue weighted by molar-refractivity contribution is 6.30. The largest absolute Gasteiger partial charge is 0.457 e. The Morgan fingerprint density at radius 1 is 0.944 bits per heavy atom. The number of benzene rings is 2. The zero-order valence-corrected chi connectivity index (χ0v) is 19.4. The Hall–Kier alpha value is -4.67. The summed E-state index contributed by atoms with van der Waals surface area (Å²) < 4.78 is 15.8. The lowest BCUT2D eigenvalue weighted by Crippen LogP contribution is -2.33. The van der Waals surface area contributed by atoms with Crippen LogP contribution in [0.5, 0.6) is 11.5 Å². The Bertz CT molecular complexity index is 1400. The number of ether oxygens (including phenoxy) is 3. The molecule has 0 fully saturated rings. The van der Waals surface area contributed by atoms with Gasteiger partial charge >= 0.3 is 17.9 Å². The molecule has 1 N–H and O–H groups in total. The summed E-state index contributed by atoms with van der Waals surface area (Å²) in [5.41, 5.74) is -0.368. The molecule has 0 radical (unpaired) electrons. The molecule has 1 atom stereocenters. The van der Waals surface area contributed by atoms with Crippen molar-refractivity contribution in [3.05, 3.63) is 57.6 Å². The highest BCUT2D eigenvalue weighted by Gasteiger charge is 2.41. The third kappa shape index (κ3) is 4.38. The molecule has 2 amide bonds. The lowest BCUT2D eigenvalue weighted by atomic mass is 9.79. The minimum atomic E-state index is -1.31. The topological polar surface area (TPSA) is 159 Å². The summed E-state index contributed by atoms with van der Waals surface area (Å²) in [6.45, 7) is 3.33. The summed E-state index contributed by atoms with van der Waals surface area (Å²) in [5, 5.41) is 2.07. The van der Waals surface area contributed by atoms with E-state index in [9.17, 15) is 33.6 Å². The van der Waals surface area contributed by atoms with Gasteiger partial charge in [0.05, 0.1) is 24.0 Å². The van der Waals surface area contributed by atoms with Gasteiger partial charge in [-0.1, -0.05) is 12.1 Å². The first kappa shape index (κ1) is 24.5. The molecule has 0 saturated carbocycles. The monoisotopic (exact) mass is 493 g/mol. The predicted molar refractivity (Wildman–Crippen MR) is 118 cm³/mol. The number of hydrogen-bond donors (Lipinski definition) is 1. The number of ketones is 2. The van der Waals surface area contributed by atoms with E-state index in [1.54, 1.807) is 0 Å². The molecule has 11 nitrogen and oxygen atoms in total. The minimum Gasteiger partial charge on any atom is -0.457 e. The number of nitrogens with one attached hydrogen (secondary N) is 1. The van der Waals surface area contributed by atoms with Crippen LogP contribution in [0.15, 0.2) is 24.3 Å². The maximum Gasteiger partial charge on any atom is 0.310 e. The van der Waals surface area contributed by atoms with E-state index in [0.29, 0.717) is 0 Å². The van der Waals surface area contributed by atoms with E-state index in [1.807, 2.05) is 0 Å². The SMILES string of the molecule is CC(=O)NC(=O)CC1OC(=O)Cc2cc3c(c(OC(C)=O)c21)C(=O)c1c(OC(C)=O)cccc1C3=O. The van der Waals surface area contributed by atoms with Gasteiger partial charge < -0.3 is 14.2 Å². The molecule has 2 aromatic rings. The number of carbonyl (C=O) groups is 7. The van der Waals surface area contributed by atoms with E-state index in [0.717, 1.165) is 20.8 Å². The smallest absolute Gasteiger partial charge is 0.310 e. The molecule has 2 aliphatic rings. The molecular weight excluding hydrogens is 474 g/mol. The number of imide groups is 1. The third-order valence-corrected chi connectivity index (χ3v) is 5.49. The van der Waals surface area contributed by atoms with E-state index in [1.165, 1.54) is 24.3 Å². The highest BCUT2D eigenvalue weighted by atomic mass is 16.6. The number of rotatable bonds is 4. The molecular formula is C25H19NO10. The van der Waals surface area contributed by atoms with Gasteiger partial charge in [-0.05, 0) is 17.7 Å². The fourth-order valence-corrected chi connectivity index (χ4v) is 4.32. The zero-order chi connectivity index (χ0) is 26.3. The van der Waals surface area contributed by atoms with Crippen LogP contribution in [0.4, 0.5) is 0 Å². The predicted octanol–water partition coefficient (Wildman–Crippen LogP) is 1.51. The Morgan fingerprint density at radius 3 is 2.28 bits per heavy atom. The highest BCUT2D eigenvalue weighted by Crippen LogP contribution is 2.45. The van der Waals surface area contributed by atoms with Crippen molar-refractivity contribution in [2.75, 3.05) is 0 Å². The molecule has 1 heterocycles. The first-order valence-corrected chi connectivity index (χ1v) is 10.8.